The molecular formula is C18H14ClF3N2O2S. The molecule has 0 unspecified atom stereocenters. The lowest BCUT2D eigenvalue weighted by molar-refractivity contribution is -0.137. The Labute approximate surface area is 162 Å². The van der Waals surface area contributed by atoms with Crippen molar-refractivity contribution in [3.8, 4) is 5.75 Å². The second-order valence-corrected chi connectivity index (χ2v) is 7.25. The van der Waals surface area contributed by atoms with Gasteiger partial charge in [-0.3, -0.25) is 4.79 Å². The molecule has 1 aliphatic heterocycles. The molecule has 0 radical (unpaired) electrons. The lowest BCUT2D eigenvalue weighted by Gasteiger charge is -2.17. The first-order valence-corrected chi connectivity index (χ1v) is 9.19. The van der Waals surface area contributed by atoms with Gasteiger partial charge in [-0.15, -0.1) is 0 Å². The monoisotopic (exact) mass is 414 g/mol. The molecule has 1 aliphatic rings. The van der Waals surface area contributed by atoms with Gasteiger partial charge in [-0.2, -0.15) is 13.2 Å². The van der Waals surface area contributed by atoms with E-state index in [1.165, 1.54) is 0 Å². The van der Waals surface area contributed by atoms with Crippen molar-refractivity contribution in [1.82, 2.24) is 0 Å². The van der Waals surface area contributed by atoms with Crippen LogP contribution >= 0.6 is 23.4 Å². The molecule has 0 aliphatic carbocycles. The minimum Gasteiger partial charge on any atom is -0.484 e. The van der Waals surface area contributed by atoms with Crippen LogP contribution in [-0.2, 0) is 11.0 Å². The summed E-state index contributed by atoms with van der Waals surface area (Å²) in [7, 11) is 0. The van der Waals surface area contributed by atoms with Crippen LogP contribution < -0.4 is 10.1 Å². The number of aliphatic imine (C=N–C) groups is 1. The Morgan fingerprint density at radius 2 is 2.07 bits per heavy atom. The number of carbonyl (C=O) groups excluding carboxylic acids is 1. The first kappa shape index (κ1) is 19.6. The fourth-order valence-electron chi connectivity index (χ4n) is 2.35. The maximum Gasteiger partial charge on any atom is 0.416 e. The molecule has 0 bridgehead atoms. The fraction of sp³-hybridized carbons (Fsp3) is 0.222. The summed E-state index contributed by atoms with van der Waals surface area (Å²) in [6.07, 6.45) is -4.52. The molecule has 1 amide bonds. The van der Waals surface area contributed by atoms with E-state index in [9.17, 15) is 18.0 Å². The third-order valence-electron chi connectivity index (χ3n) is 3.65. The number of carbonyl (C=O) groups is 1. The molecule has 0 fully saturated rings. The summed E-state index contributed by atoms with van der Waals surface area (Å²) in [5.74, 6) is 0.153. The highest BCUT2D eigenvalue weighted by Crippen LogP contribution is 2.35. The number of hydrogen-bond donors (Lipinski definition) is 1. The Bertz CT molecular complexity index is 916. The van der Waals surface area contributed by atoms with Crippen LogP contribution in [0.1, 0.15) is 11.1 Å². The third-order valence-corrected chi connectivity index (χ3v) is 4.93. The number of alkyl halides is 3. The van der Waals surface area contributed by atoms with Crippen molar-refractivity contribution in [2.45, 2.75) is 13.1 Å². The first-order chi connectivity index (χ1) is 12.7. The normalized spacial score (nSPS) is 13.4. The summed E-state index contributed by atoms with van der Waals surface area (Å²) in [6, 6.07) is 8.39. The number of nitrogens with zero attached hydrogens (tertiary/aromatic N) is 1. The molecule has 1 N–H and O–H groups in total. The molecule has 0 aromatic heterocycles. The van der Waals surface area contributed by atoms with Gasteiger partial charge in [0.05, 0.1) is 22.0 Å². The second kappa shape index (κ2) is 7.82. The fourth-order valence-corrected chi connectivity index (χ4v) is 3.19. The largest absolute Gasteiger partial charge is 0.484 e. The van der Waals surface area contributed by atoms with E-state index in [1.807, 2.05) is 25.1 Å². The van der Waals surface area contributed by atoms with Gasteiger partial charge in [0.25, 0.3) is 0 Å². The number of ether oxygens (including phenoxy) is 1. The predicted molar refractivity (Wildman–Crippen MR) is 101 cm³/mol. The molecule has 0 spiro atoms. The van der Waals surface area contributed by atoms with Crippen molar-refractivity contribution in [1.29, 1.82) is 0 Å². The number of hydrogen-bond acceptors (Lipinski definition) is 4. The number of rotatable bonds is 3. The molecule has 0 saturated carbocycles. The number of amides is 1. The molecule has 2 aromatic carbocycles. The van der Waals surface area contributed by atoms with E-state index < -0.39 is 17.6 Å². The van der Waals surface area contributed by atoms with E-state index in [2.05, 4.69) is 10.3 Å². The quantitative estimate of drug-likeness (QED) is 0.725. The number of fused-ring (bicyclic) bond motifs is 1. The Morgan fingerprint density at radius 3 is 2.81 bits per heavy atom. The van der Waals surface area contributed by atoms with E-state index in [1.54, 1.807) is 0 Å². The maximum absolute atomic E-state index is 12.8. The third kappa shape index (κ3) is 4.95. The number of aryl methyl sites for hydroxylation is 1. The molecule has 27 heavy (non-hydrogen) atoms. The van der Waals surface area contributed by atoms with Crippen LogP contribution in [0.5, 0.6) is 5.75 Å². The van der Waals surface area contributed by atoms with Crippen LogP contribution in [0.4, 0.5) is 24.5 Å². The molecule has 1 heterocycles. The minimum atomic E-state index is -4.52. The van der Waals surface area contributed by atoms with E-state index >= 15 is 0 Å². The van der Waals surface area contributed by atoms with E-state index in [-0.39, 0.29) is 23.1 Å². The van der Waals surface area contributed by atoms with Crippen LogP contribution in [0.2, 0.25) is 5.02 Å². The Morgan fingerprint density at radius 1 is 1.30 bits per heavy atom. The van der Waals surface area contributed by atoms with Gasteiger partial charge >= 0.3 is 6.18 Å². The topological polar surface area (TPSA) is 50.7 Å². The average molecular weight is 415 g/mol. The van der Waals surface area contributed by atoms with Gasteiger partial charge in [-0.05, 0) is 42.8 Å². The molecular weight excluding hydrogens is 401 g/mol. The molecule has 9 heteroatoms. The van der Waals surface area contributed by atoms with Crippen LogP contribution in [-0.4, -0.2) is 23.3 Å². The lowest BCUT2D eigenvalue weighted by atomic mass is 10.2. The van der Waals surface area contributed by atoms with Crippen LogP contribution in [0.3, 0.4) is 0 Å². The number of nitrogens with one attached hydrogen (secondary N) is 1. The number of halogens is 4. The van der Waals surface area contributed by atoms with Crippen LogP contribution in [0, 0.1) is 6.92 Å². The van der Waals surface area contributed by atoms with Crippen molar-refractivity contribution in [3.05, 3.63) is 52.5 Å². The van der Waals surface area contributed by atoms with Crippen molar-refractivity contribution in [3.63, 3.8) is 0 Å². The lowest BCUT2D eigenvalue weighted by Crippen LogP contribution is -2.19. The number of anilines is 1. The molecule has 4 nitrogen and oxygen atoms in total. The van der Waals surface area contributed by atoms with Gasteiger partial charge in [0, 0.05) is 0 Å². The van der Waals surface area contributed by atoms with Gasteiger partial charge in [0.15, 0.2) is 0 Å². The molecule has 0 atom stereocenters. The summed E-state index contributed by atoms with van der Waals surface area (Å²) in [4.78, 5) is 16.5. The number of thioether (sulfide) groups is 1. The van der Waals surface area contributed by atoms with Gasteiger partial charge in [-0.1, -0.05) is 29.4 Å². The average Bonchev–Trinajstić information content (AvgIpc) is 2.60. The van der Waals surface area contributed by atoms with Gasteiger partial charge in [-0.25, -0.2) is 4.99 Å². The van der Waals surface area contributed by atoms with Gasteiger partial charge in [0.2, 0.25) is 5.91 Å². The van der Waals surface area contributed by atoms with Gasteiger partial charge in [0.1, 0.15) is 23.1 Å². The van der Waals surface area contributed by atoms with Crippen LogP contribution in [0.25, 0.3) is 0 Å². The van der Waals surface area contributed by atoms with E-state index in [4.69, 9.17) is 16.3 Å². The highest BCUT2D eigenvalue weighted by Gasteiger charge is 2.31. The summed E-state index contributed by atoms with van der Waals surface area (Å²) in [5.41, 5.74) is 0.751. The molecule has 142 valence electrons. The zero-order valence-electron chi connectivity index (χ0n) is 14.1. The zero-order valence-corrected chi connectivity index (χ0v) is 15.6. The first-order valence-electron chi connectivity index (χ1n) is 7.83. The van der Waals surface area contributed by atoms with E-state index in [0.717, 1.165) is 35.5 Å². The highest BCUT2D eigenvalue weighted by atomic mass is 35.5. The molecule has 0 saturated heterocycles. The summed E-state index contributed by atoms with van der Waals surface area (Å²) >= 11 is 7.04. The van der Waals surface area contributed by atoms with Crippen molar-refractivity contribution in [2.24, 2.45) is 4.99 Å². The summed E-state index contributed by atoms with van der Waals surface area (Å²) in [6.45, 7) is 2.17. The van der Waals surface area contributed by atoms with E-state index in [0.29, 0.717) is 16.5 Å². The second-order valence-electron chi connectivity index (χ2n) is 5.79. The number of benzene rings is 2. The molecule has 3 rings (SSSR count). The maximum atomic E-state index is 12.8. The standard InChI is InChI=1S/C18H14ClF3N2O2S/c1-10-2-5-15-14(6-10)24-17(8-26-15)27-9-16(25)23-13-7-11(18(20,21)22)3-4-12(13)19/h2-7H,8-9H2,1H3,(H,23,25). The summed E-state index contributed by atoms with van der Waals surface area (Å²) in [5, 5.41) is 3.04. The van der Waals surface area contributed by atoms with Crippen molar-refractivity contribution in [2.75, 3.05) is 17.7 Å². The Kier molecular flexibility index (Phi) is 5.67. The van der Waals surface area contributed by atoms with Crippen molar-refractivity contribution < 1.29 is 22.7 Å². The molecule has 2 aromatic rings. The highest BCUT2D eigenvalue weighted by molar-refractivity contribution is 8.14. The zero-order chi connectivity index (χ0) is 19.6. The SMILES string of the molecule is Cc1ccc2c(c1)N=C(SCC(=O)Nc1cc(C(F)(F)F)ccc1Cl)CO2. The Balaban J connectivity index is 1.64. The van der Waals surface area contributed by atoms with Gasteiger partial charge < -0.3 is 10.1 Å². The summed E-state index contributed by atoms with van der Waals surface area (Å²) < 4.78 is 43.9. The predicted octanol–water partition coefficient (Wildman–Crippen LogP) is 5.46. The Hall–Kier alpha value is -2.19. The smallest absolute Gasteiger partial charge is 0.416 e. The van der Waals surface area contributed by atoms with Crippen molar-refractivity contribution >= 4 is 45.7 Å². The van der Waals surface area contributed by atoms with Crippen LogP contribution in [0.15, 0.2) is 41.4 Å². The minimum absolute atomic E-state index is 0.0316.